The zero-order valence-corrected chi connectivity index (χ0v) is 16.5. The van der Waals surface area contributed by atoms with Crippen molar-refractivity contribution in [2.45, 2.75) is 4.90 Å². The third-order valence-corrected chi connectivity index (χ3v) is 5.74. The summed E-state index contributed by atoms with van der Waals surface area (Å²) in [6.45, 7) is 0. The van der Waals surface area contributed by atoms with E-state index in [-0.39, 0.29) is 22.0 Å². The standard InChI is InChI=1S/C22H15F3N2O2S/c1-30(28,29)16-5-2-4-14(12-16)15-8-9-20(19(25)13-15)27-11-10-26-22(27)21-17(23)6-3-7-18(21)24/h2-13H,1H3. The first-order valence-electron chi connectivity index (χ1n) is 8.84. The van der Waals surface area contributed by atoms with Gasteiger partial charge in [-0.15, -0.1) is 0 Å². The minimum absolute atomic E-state index is 0.0492. The molecule has 0 atom stereocenters. The molecule has 4 aromatic rings. The van der Waals surface area contributed by atoms with Crippen LogP contribution in [-0.2, 0) is 9.84 Å². The van der Waals surface area contributed by atoms with Crippen LogP contribution >= 0.6 is 0 Å². The molecule has 4 nitrogen and oxygen atoms in total. The van der Waals surface area contributed by atoms with Crippen molar-refractivity contribution in [3.63, 3.8) is 0 Å². The second-order valence-corrected chi connectivity index (χ2v) is 8.70. The monoisotopic (exact) mass is 428 g/mol. The molecule has 1 aromatic heterocycles. The summed E-state index contributed by atoms with van der Waals surface area (Å²) in [5.41, 5.74) is 0.676. The summed E-state index contributed by atoms with van der Waals surface area (Å²) in [5.74, 6) is -2.35. The normalized spacial score (nSPS) is 11.6. The fourth-order valence-corrected chi connectivity index (χ4v) is 3.85. The molecule has 0 bridgehead atoms. The van der Waals surface area contributed by atoms with Crippen molar-refractivity contribution in [3.05, 3.63) is 90.5 Å². The van der Waals surface area contributed by atoms with Gasteiger partial charge in [0.2, 0.25) is 0 Å². The highest BCUT2D eigenvalue weighted by Gasteiger charge is 2.19. The summed E-state index contributed by atoms with van der Waals surface area (Å²) in [4.78, 5) is 4.12. The van der Waals surface area contributed by atoms with Crippen LogP contribution in [-0.4, -0.2) is 24.2 Å². The average Bonchev–Trinajstić information content (AvgIpc) is 3.16. The summed E-state index contributed by atoms with van der Waals surface area (Å²) >= 11 is 0. The Morgan fingerprint density at radius 3 is 2.17 bits per heavy atom. The van der Waals surface area contributed by atoms with Crippen LogP contribution in [0.2, 0.25) is 0 Å². The molecule has 0 fully saturated rings. The predicted octanol–water partition coefficient (Wildman–Crippen LogP) is 5.03. The van der Waals surface area contributed by atoms with Gasteiger partial charge < -0.3 is 0 Å². The van der Waals surface area contributed by atoms with Gasteiger partial charge in [-0.3, -0.25) is 4.57 Å². The van der Waals surface area contributed by atoms with Crippen LogP contribution in [0, 0.1) is 17.5 Å². The number of imidazole rings is 1. The molecule has 0 saturated carbocycles. The Labute approximate surface area is 171 Å². The van der Waals surface area contributed by atoms with Gasteiger partial charge in [0.25, 0.3) is 0 Å². The van der Waals surface area contributed by atoms with Crippen LogP contribution in [0.5, 0.6) is 0 Å². The lowest BCUT2D eigenvalue weighted by atomic mass is 10.0. The Kier molecular flexibility index (Phi) is 4.95. The maximum Gasteiger partial charge on any atom is 0.175 e. The van der Waals surface area contributed by atoms with Crippen molar-refractivity contribution in [1.82, 2.24) is 9.55 Å². The van der Waals surface area contributed by atoms with Gasteiger partial charge in [0.15, 0.2) is 15.7 Å². The van der Waals surface area contributed by atoms with Gasteiger partial charge in [0.05, 0.1) is 16.1 Å². The number of benzene rings is 3. The summed E-state index contributed by atoms with van der Waals surface area (Å²) in [6, 6.07) is 13.9. The van der Waals surface area contributed by atoms with E-state index in [9.17, 15) is 21.6 Å². The third-order valence-electron chi connectivity index (χ3n) is 4.63. The maximum absolute atomic E-state index is 15.0. The zero-order valence-electron chi connectivity index (χ0n) is 15.7. The van der Waals surface area contributed by atoms with Crippen molar-refractivity contribution in [2.75, 3.05) is 6.26 Å². The molecule has 0 saturated heterocycles. The Morgan fingerprint density at radius 2 is 1.50 bits per heavy atom. The van der Waals surface area contributed by atoms with Crippen LogP contribution in [0.15, 0.2) is 78.0 Å². The summed E-state index contributed by atoms with van der Waals surface area (Å²) in [6.07, 6.45) is 3.83. The van der Waals surface area contributed by atoms with Crippen LogP contribution < -0.4 is 0 Å². The maximum atomic E-state index is 15.0. The minimum Gasteiger partial charge on any atom is -0.297 e. The van der Waals surface area contributed by atoms with Crippen molar-refractivity contribution in [2.24, 2.45) is 0 Å². The van der Waals surface area contributed by atoms with E-state index >= 15 is 0 Å². The lowest BCUT2D eigenvalue weighted by molar-refractivity contribution is 0.585. The first-order valence-corrected chi connectivity index (χ1v) is 10.7. The fraction of sp³-hybridized carbons (Fsp3) is 0.0455. The summed E-state index contributed by atoms with van der Waals surface area (Å²) < 4.78 is 68.2. The van der Waals surface area contributed by atoms with Crippen molar-refractivity contribution in [1.29, 1.82) is 0 Å². The molecule has 0 N–H and O–H groups in total. The molecule has 0 amide bonds. The number of sulfone groups is 1. The summed E-state index contributed by atoms with van der Waals surface area (Å²) in [5, 5.41) is 0. The lowest BCUT2D eigenvalue weighted by Crippen LogP contribution is -2.02. The molecule has 3 aromatic carbocycles. The van der Waals surface area contributed by atoms with Crippen LogP contribution in [0.3, 0.4) is 0 Å². The number of nitrogens with zero attached hydrogens (tertiary/aromatic N) is 2. The van der Waals surface area contributed by atoms with E-state index < -0.39 is 27.3 Å². The molecule has 0 aliphatic heterocycles. The molecular weight excluding hydrogens is 413 g/mol. The molecule has 0 aliphatic rings. The summed E-state index contributed by atoms with van der Waals surface area (Å²) in [7, 11) is -3.41. The van der Waals surface area contributed by atoms with Crippen LogP contribution in [0.4, 0.5) is 13.2 Å². The lowest BCUT2D eigenvalue weighted by Gasteiger charge is -2.12. The van der Waals surface area contributed by atoms with Crippen molar-refractivity contribution < 1.29 is 21.6 Å². The Hall–Kier alpha value is -3.39. The Bertz CT molecular complexity index is 1340. The van der Waals surface area contributed by atoms with Gasteiger partial charge in [-0.05, 0) is 47.5 Å². The predicted molar refractivity (Wildman–Crippen MR) is 107 cm³/mol. The number of halogens is 3. The van der Waals surface area contributed by atoms with E-state index in [1.165, 1.54) is 47.3 Å². The van der Waals surface area contributed by atoms with Crippen LogP contribution in [0.1, 0.15) is 0 Å². The van der Waals surface area contributed by atoms with E-state index in [4.69, 9.17) is 0 Å². The van der Waals surface area contributed by atoms with Gasteiger partial charge in [0.1, 0.15) is 17.5 Å². The van der Waals surface area contributed by atoms with Crippen molar-refractivity contribution >= 4 is 9.84 Å². The number of hydrogen-bond acceptors (Lipinski definition) is 3. The highest BCUT2D eigenvalue weighted by molar-refractivity contribution is 7.90. The van der Waals surface area contributed by atoms with E-state index in [1.54, 1.807) is 18.2 Å². The van der Waals surface area contributed by atoms with E-state index in [2.05, 4.69) is 4.98 Å². The van der Waals surface area contributed by atoms with Crippen molar-refractivity contribution in [3.8, 4) is 28.2 Å². The molecule has 1 heterocycles. The highest BCUT2D eigenvalue weighted by atomic mass is 32.2. The molecule has 152 valence electrons. The molecule has 0 unspecified atom stereocenters. The number of rotatable bonds is 4. The first kappa shape index (κ1) is 19.9. The van der Waals surface area contributed by atoms with E-state index in [1.807, 2.05) is 0 Å². The van der Waals surface area contributed by atoms with Gasteiger partial charge >= 0.3 is 0 Å². The third kappa shape index (κ3) is 3.61. The van der Waals surface area contributed by atoms with Gasteiger partial charge in [0, 0.05) is 18.6 Å². The molecule has 0 spiro atoms. The second-order valence-electron chi connectivity index (χ2n) is 6.68. The Balaban J connectivity index is 1.79. The van der Waals surface area contributed by atoms with E-state index in [0.29, 0.717) is 11.1 Å². The van der Waals surface area contributed by atoms with Gasteiger partial charge in [-0.2, -0.15) is 0 Å². The SMILES string of the molecule is CS(=O)(=O)c1cccc(-c2ccc(-n3ccnc3-c3c(F)cccc3F)c(F)c2)c1. The molecular formula is C22H15F3N2O2S. The molecule has 0 radical (unpaired) electrons. The van der Waals surface area contributed by atoms with Gasteiger partial charge in [-0.25, -0.2) is 26.6 Å². The topological polar surface area (TPSA) is 52.0 Å². The number of hydrogen-bond donors (Lipinski definition) is 0. The average molecular weight is 428 g/mol. The minimum atomic E-state index is -3.41. The first-order chi connectivity index (χ1) is 14.3. The second kappa shape index (κ2) is 7.46. The smallest absolute Gasteiger partial charge is 0.175 e. The fourth-order valence-electron chi connectivity index (χ4n) is 3.18. The van der Waals surface area contributed by atoms with E-state index in [0.717, 1.165) is 18.4 Å². The zero-order chi connectivity index (χ0) is 21.5. The highest BCUT2D eigenvalue weighted by Crippen LogP contribution is 2.30. The molecule has 8 heteroatoms. The Morgan fingerprint density at radius 1 is 0.833 bits per heavy atom. The number of aromatic nitrogens is 2. The van der Waals surface area contributed by atoms with Gasteiger partial charge in [-0.1, -0.05) is 24.3 Å². The molecule has 30 heavy (non-hydrogen) atoms. The largest absolute Gasteiger partial charge is 0.297 e. The van der Waals surface area contributed by atoms with Crippen LogP contribution in [0.25, 0.3) is 28.2 Å². The quantitative estimate of drug-likeness (QED) is 0.458. The molecule has 0 aliphatic carbocycles. The molecule has 4 rings (SSSR count).